The number of phenolic OH excluding ortho intramolecular Hbond substituents is 4. The highest BCUT2D eigenvalue weighted by molar-refractivity contribution is 5.81. The molecule has 4 N–H and O–H groups in total. The van der Waals surface area contributed by atoms with Gasteiger partial charge in [0.15, 0.2) is 0 Å². The largest absolute Gasteiger partial charge is 0.508 e. The second-order valence-corrected chi connectivity index (χ2v) is 6.05. The van der Waals surface area contributed by atoms with Crippen LogP contribution in [0.1, 0.15) is 17.0 Å². The van der Waals surface area contributed by atoms with Gasteiger partial charge in [0.1, 0.15) is 40.8 Å². The van der Waals surface area contributed by atoms with Crippen molar-refractivity contribution in [1.29, 1.82) is 0 Å². The van der Waals surface area contributed by atoms with Crippen LogP contribution in [0.15, 0.2) is 48.5 Å². The molecule has 6 nitrogen and oxygen atoms in total. The molecule has 3 aromatic carbocycles. The Hall–Kier alpha value is -3.67. The van der Waals surface area contributed by atoms with E-state index in [0.29, 0.717) is 34.3 Å². The zero-order valence-electron chi connectivity index (χ0n) is 13.4. The molecule has 1 atom stereocenters. The Labute approximate surface area is 148 Å². The van der Waals surface area contributed by atoms with E-state index < -0.39 is 5.92 Å². The summed E-state index contributed by atoms with van der Waals surface area (Å²) in [5.74, 6) is -0.523. The summed E-state index contributed by atoms with van der Waals surface area (Å²) in [5, 5.41) is 39.7. The first-order valence-electron chi connectivity index (χ1n) is 7.83. The van der Waals surface area contributed by atoms with Crippen molar-refractivity contribution in [2.24, 2.45) is 0 Å². The van der Waals surface area contributed by atoms with Crippen LogP contribution in [0.25, 0.3) is 11.1 Å². The zero-order chi connectivity index (χ0) is 18.4. The molecule has 26 heavy (non-hydrogen) atoms. The Bertz CT molecular complexity index is 1040. The fourth-order valence-corrected chi connectivity index (χ4v) is 3.22. The van der Waals surface area contributed by atoms with E-state index in [4.69, 9.17) is 4.74 Å². The third-order valence-corrected chi connectivity index (χ3v) is 4.41. The Morgan fingerprint density at radius 1 is 0.808 bits per heavy atom. The number of carbonyl (C=O) groups is 1. The fourth-order valence-electron chi connectivity index (χ4n) is 3.22. The van der Waals surface area contributed by atoms with Crippen molar-refractivity contribution in [2.75, 3.05) is 0 Å². The van der Waals surface area contributed by atoms with E-state index in [2.05, 4.69) is 0 Å². The molecule has 0 fully saturated rings. The van der Waals surface area contributed by atoms with E-state index in [1.165, 1.54) is 36.4 Å². The van der Waals surface area contributed by atoms with Crippen LogP contribution in [0.3, 0.4) is 0 Å². The summed E-state index contributed by atoms with van der Waals surface area (Å²) in [6, 6.07) is 11.6. The number of aromatic hydroxyl groups is 4. The SMILES string of the molecule is O=CC1c2cc(O)ccc2Oc2cc(-c3ccc(O)cc3O)cc(O)c21. The van der Waals surface area contributed by atoms with Crippen LogP contribution in [0.2, 0.25) is 0 Å². The summed E-state index contributed by atoms with van der Waals surface area (Å²) in [6.07, 6.45) is 0.678. The predicted octanol–water partition coefficient (Wildman–Crippen LogP) is 3.61. The molecule has 0 spiro atoms. The molecule has 0 saturated carbocycles. The van der Waals surface area contributed by atoms with Crippen LogP contribution in [-0.2, 0) is 4.79 Å². The zero-order valence-corrected chi connectivity index (χ0v) is 13.4. The summed E-state index contributed by atoms with van der Waals surface area (Å²) < 4.78 is 5.81. The number of ether oxygens (including phenoxy) is 1. The minimum Gasteiger partial charge on any atom is -0.508 e. The second kappa shape index (κ2) is 5.70. The Morgan fingerprint density at radius 2 is 1.54 bits per heavy atom. The van der Waals surface area contributed by atoms with Crippen LogP contribution < -0.4 is 4.74 Å². The Morgan fingerprint density at radius 3 is 2.27 bits per heavy atom. The standard InChI is InChI=1S/C20H14O6/c21-9-15-14-7-11(22)2-4-18(14)26-19-6-10(5-17(25)20(15)19)13-3-1-12(23)8-16(13)24/h1-9,15,22-25H. The van der Waals surface area contributed by atoms with Crippen molar-refractivity contribution >= 4 is 6.29 Å². The number of phenols is 4. The predicted molar refractivity (Wildman–Crippen MR) is 93.0 cm³/mol. The van der Waals surface area contributed by atoms with Crippen molar-refractivity contribution in [3.63, 3.8) is 0 Å². The number of hydrogen-bond acceptors (Lipinski definition) is 6. The highest BCUT2D eigenvalue weighted by Gasteiger charge is 2.31. The molecule has 0 amide bonds. The maximum Gasteiger partial charge on any atom is 0.136 e. The monoisotopic (exact) mass is 350 g/mol. The Balaban J connectivity index is 1.89. The quantitative estimate of drug-likeness (QED) is 0.526. The van der Waals surface area contributed by atoms with Crippen molar-refractivity contribution in [3.05, 3.63) is 59.7 Å². The topological polar surface area (TPSA) is 107 Å². The number of fused-ring (bicyclic) bond motifs is 2. The number of rotatable bonds is 2. The fraction of sp³-hybridized carbons (Fsp3) is 0.0500. The molecule has 0 bridgehead atoms. The van der Waals surface area contributed by atoms with Gasteiger partial charge in [-0.1, -0.05) is 0 Å². The van der Waals surface area contributed by atoms with E-state index in [9.17, 15) is 25.2 Å². The first kappa shape index (κ1) is 15.8. The maximum atomic E-state index is 11.7. The first-order valence-corrected chi connectivity index (χ1v) is 7.83. The smallest absolute Gasteiger partial charge is 0.136 e. The molecule has 1 heterocycles. The molecule has 1 aliphatic rings. The summed E-state index contributed by atoms with van der Waals surface area (Å²) in [4.78, 5) is 11.7. The van der Waals surface area contributed by atoms with E-state index >= 15 is 0 Å². The van der Waals surface area contributed by atoms with E-state index in [0.717, 1.165) is 0 Å². The van der Waals surface area contributed by atoms with Gasteiger partial charge in [0.05, 0.1) is 11.5 Å². The number of hydrogen-bond donors (Lipinski definition) is 4. The van der Waals surface area contributed by atoms with Gasteiger partial charge < -0.3 is 30.0 Å². The molecule has 130 valence electrons. The number of aldehydes is 1. The highest BCUT2D eigenvalue weighted by atomic mass is 16.5. The van der Waals surface area contributed by atoms with Crippen LogP contribution >= 0.6 is 0 Å². The molecule has 0 aromatic heterocycles. The normalized spacial score (nSPS) is 14.8. The van der Waals surface area contributed by atoms with Crippen molar-refractivity contribution < 1.29 is 30.0 Å². The minimum absolute atomic E-state index is 0.00669. The second-order valence-electron chi connectivity index (χ2n) is 6.05. The summed E-state index contributed by atoms with van der Waals surface area (Å²) >= 11 is 0. The molecule has 0 aliphatic carbocycles. The van der Waals surface area contributed by atoms with Crippen molar-refractivity contribution in [3.8, 4) is 45.6 Å². The number of benzene rings is 3. The van der Waals surface area contributed by atoms with E-state index in [1.807, 2.05) is 0 Å². The molecule has 1 aliphatic heterocycles. The molecule has 1 unspecified atom stereocenters. The molecule has 6 heteroatoms. The molecule has 3 aromatic rings. The molecular weight excluding hydrogens is 336 g/mol. The molecule has 4 rings (SSSR count). The average Bonchev–Trinajstić information content (AvgIpc) is 2.60. The summed E-state index contributed by atoms with van der Waals surface area (Å²) in [7, 11) is 0. The average molecular weight is 350 g/mol. The van der Waals surface area contributed by atoms with Crippen LogP contribution in [0.4, 0.5) is 0 Å². The minimum atomic E-state index is -0.789. The summed E-state index contributed by atoms with van der Waals surface area (Å²) in [6.45, 7) is 0. The lowest BCUT2D eigenvalue weighted by Crippen LogP contribution is -2.11. The first-order chi connectivity index (χ1) is 12.5. The number of carbonyl (C=O) groups excluding carboxylic acids is 1. The van der Waals surface area contributed by atoms with Gasteiger partial charge >= 0.3 is 0 Å². The maximum absolute atomic E-state index is 11.7. The third-order valence-electron chi connectivity index (χ3n) is 4.41. The van der Waals surface area contributed by atoms with Gasteiger partial charge in [0.2, 0.25) is 0 Å². The van der Waals surface area contributed by atoms with Crippen LogP contribution in [-0.4, -0.2) is 26.7 Å². The lowest BCUT2D eigenvalue weighted by molar-refractivity contribution is -0.108. The van der Waals surface area contributed by atoms with Gasteiger partial charge in [-0.05, 0) is 48.0 Å². The lowest BCUT2D eigenvalue weighted by Gasteiger charge is -2.26. The van der Waals surface area contributed by atoms with Gasteiger partial charge in [-0.3, -0.25) is 0 Å². The van der Waals surface area contributed by atoms with E-state index in [1.54, 1.807) is 12.1 Å². The summed E-state index contributed by atoms with van der Waals surface area (Å²) in [5.41, 5.74) is 1.61. The Kier molecular flexibility index (Phi) is 3.47. The highest BCUT2D eigenvalue weighted by Crippen LogP contribution is 2.50. The third kappa shape index (κ3) is 2.39. The lowest BCUT2D eigenvalue weighted by atomic mass is 9.87. The van der Waals surface area contributed by atoms with Crippen molar-refractivity contribution in [1.82, 2.24) is 0 Å². The van der Waals surface area contributed by atoms with Gasteiger partial charge in [-0.15, -0.1) is 0 Å². The molecule has 0 radical (unpaired) electrons. The van der Waals surface area contributed by atoms with Gasteiger partial charge in [0.25, 0.3) is 0 Å². The molecule has 0 saturated heterocycles. The molecular formula is C20H14O6. The van der Waals surface area contributed by atoms with E-state index in [-0.39, 0.29) is 28.7 Å². The van der Waals surface area contributed by atoms with Crippen molar-refractivity contribution in [2.45, 2.75) is 5.92 Å². The van der Waals surface area contributed by atoms with Crippen LogP contribution in [0, 0.1) is 0 Å². The van der Waals surface area contributed by atoms with Gasteiger partial charge in [-0.25, -0.2) is 0 Å². The van der Waals surface area contributed by atoms with Gasteiger partial charge in [-0.2, -0.15) is 0 Å². The van der Waals surface area contributed by atoms with Crippen LogP contribution in [0.5, 0.6) is 34.5 Å². The van der Waals surface area contributed by atoms with Gasteiger partial charge in [0, 0.05) is 17.2 Å².